The lowest BCUT2D eigenvalue weighted by Gasteiger charge is -2.07. The molecule has 0 heterocycles. The first-order chi connectivity index (χ1) is 10.8. The summed E-state index contributed by atoms with van der Waals surface area (Å²) in [7, 11) is 3.22. The molecular weight excluding hydrogens is 278 g/mol. The van der Waals surface area contributed by atoms with Crippen molar-refractivity contribution in [2.24, 2.45) is 5.16 Å². The van der Waals surface area contributed by atoms with Crippen molar-refractivity contribution >= 4 is 6.21 Å². The van der Waals surface area contributed by atoms with Gasteiger partial charge in [-0.15, -0.1) is 0 Å². The van der Waals surface area contributed by atoms with Crippen molar-refractivity contribution in [2.75, 3.05) is 20.8 Å². The highest BCUT2D eigenvalue weighted by atomic mass is 16.6. The van der Waals surface area contributed by atoms with E-state index in [4.69, 9.17) is 14.3 Å². The average molecular weight is 299 g/mol. The Morgan fingerprint density at radius 2 is 1.73 bits per heavy atom. The van der Waals surface area contributed by atoms with E-state index in [1.54, 1.807) is 20.4 Å². The largest absolute Gasteiger partial charge is 0.493 e. The third-order valence-electron chi connectivity index (χ3n) is 3.23. The molecule has 2 aromatic carbocycles. The Morgan fingerprint density at radius 1 is 0.955 bits per heavy atom. The summed E-state index contributed by atoms with van der Waals surface area (Å²) < 4.78 is 10.4. The van der Waals surface area contributed by atoms with Crippen molar-refractivity contribution in [3.8, 4) is 11.5 Å². The van der Waals surface area contributed by atoms with Gasteiger partial charge in [0.25, 0.3) is 0 Å². The van der Waals surface area contributed by atoms with Gasteiger partial charge in [0.1, 0.15) is 6.61 Å². The molecule has 4 nitrogen and oxygen atoms in total. The van der Waals surface area contributed by atoms with Crippen molar-refractivity contribution in [1.29, 1.82) is 0 Å². The van der Waals surface area contributed by atoms with Crippen LogP contribution in [0.3, 0.4) is 0 Å². The van der Waals surface area contributed by atoms with Gasteiger partial charge in [0, 0.05) is 5.56 Å². The second-order valence-corrected chi connectivity index (χ2v) is 4.77. The highest BCUT2D eigenvalue weighted by Gasteiger charge is 2.02. The zero-order valence-corrected chi connectivity index (χ0v) is 13.0. The fourth-order valence-electron chi connectivity index (χ4n) is 2.07. The third-order valence-corrected chi connectivity index (χ3v) is 3.23. The van der Waals surface area contributed by atoms with Gasteiger partial charge in [0.15, 0.2) is 11.5 Å². The van der Waals surface area contributed by atoms with Crippen LogP contribution in [0, 0.1) is 0 Å². The number of benzene rings is 2. The van der Waals surface area contributed by atoms with Crippen molar-refractivity contribution in [3.63, 3.8) is 0 Å². The first-order valence-corrected chi connectivity index (χ1v) is 7.25. The van der Waals surface area contributed by atoms with Gasteiger partial charge in [-0.2, -0.15) is 0 Å². The van der Waals surface area contributed by atoms with Gasteiger partial charge >= 0.3 is 0 Å². The predicted molar refractivity (Wildman–Crippen MR) is 87.9 cm³/mol. The summed E-state index contributed by atoms with van der Waals surface area (Å²) in [6.45, 7) is 0.596. The highest BCUT2D eigenvalue weighted by molar-refractivity contribution is 5.80. The van der Waals surface area contributed by atoms with Crippen LogP contribution in [0.4, 0.5) is 0 Å². The van der Waals surface area contributed by atoms with Gasteiger partial charge in [-0.3, -0.25) is 0 Å². The number of rotatable bonds is 8. The normalized spacial score (nSPS) is 10.6. The smallest absolute Gasteiger partial charge is 0.161 e. The molecule has 0 saturated carbocycles. The molecule has 0 aliphatic heterocycles. The maximum Gasteiger partial charge on any atom is 0.161 e. The Morgan fingerprint density at radius 3 is 2.45 bits per heavy atom. The van der Waals surface area contributed by atoms with Gasteiger partial charge < -0.3 is 14.3 Å². The van der Waals surface area contributed by atoms with Crippen LogP contribution in [-0.2, 0) is 11.3 Å². The minimum atomic E-state index is 0.596. The van der Waals surface area contributed by atoms with E-state index in [1.807, 2.05) is 36.4 Å². The van der Waals surface area contributed by atoms with Gasteiger partial charge in [-0.25, -0.2) is 0 Å². The van der Waals surface area contributed by atoms with Crippen molar-refractivity contribution < 1.29 is 14.3 Å². The second kappa shape index (κ2) is 8.72. The summed E-state index contributed by atoms with van der Waals surface area (Å²) in [5.74, 6) is 1.37. The predicted octanol–water partition coefficient (Wildman–Crippen LogP) is 3.69. The molecular formula is C18H21NO3. The molecule has 2 rings (SSSR count). The molecule has 0 unspecified atom stereocenters. The summed E-state index contributed by atoms with van der Waals surface area (Å²) in [6, 6.07) is 16.0. The Kier molecular flexibility index (Phi) is 6.30. The summed E-state index contributed by atoms with van der Waals surface area (Å²) in [6.07, 6.45) is 3.60. The number of aryl methyl sites for hydroxylation is 1. The number of hydrogen-bond donors (Lipinski definition) is 0. The topological polar surface area (TPSA) is 40.0 Å². The van der Waals surface area contributed by atoms with Crippen LogP contribution in [-0.4, -0.2) is 27.0 Å². The van der Waals surface area contributed by atoms with Crippen LogP contribution < -0.4 is 9.47 Å². The molecule has 2 aromatic rings. The fraction of sp³-hybridized carbons (Fsp3) is 0.278. The van der Waals surface area contributed by atoms with Crippen molar-refractivity contribution in [2.45, 2.75) is 12.8 Å². The molecule has 0 atom stereocenters. The van der Waals surface area contributed by atoms with E-state index in [1.165, 1.54) is 5.56 Å². The third kappa shape index (κ3) is 4.81. The summed E-state index contributed by atoms with van der Waals surface area (Å²) in [5.41, 5.74) is 2.22. The van der Waals surface area contributed by atoms with Crippen LogP contribution in [0.5, 0.6) is 11.5 Å². The van der Waals surface area contributed by atoms with Crippen LogP contribution >= 0.6 is 0 Å². The van der Waals surface area contributed by atoms with E-state index in [2.05, 4.69) is 17.3 Å². The minimum Gasteiger partial charge on any atom is -0.493 e. The first-order valence-electron chi connectivity index (χ1n) is 7.25. The van der Waals surface area contributed by atoms with Crippen molar-refractivity contribution in [3.05, 3.63) is 59.7 Å². The molecule has 0 N–H and O–H groups in total. The Bertz CT molecular complexity index is 597. The fourth-order valence-corrected chi connectivity index (χ4v) is 2.07. The maximum atomic E-state index is 5.29. The lowest BCUT2D eigenvalue weighted by Crippen LogP contribution is -1.94. The van der Waals surface area contributed by atoms with E-state index in [-0.39, 0.29) is 0 Å². The Labute approximate surface area is 131 Å². The summed E-state index contributed by atoms with van der Waals surface area (Å²) in [4.78, 5) is 5.29. The molecule has 0 spiro atoms. The molecule has 0 radical (unpaired) electrons. The first kappa shape index (κ1) is 15.9. The van der Waals surface area contributed by atoms with E-state index < -0.39 is 0 Å². The van der Waals surface area contributed by atoms with E-state index >= 15 is 0 Å². The molecule has 0 aliphatic rings. The van der Waals surface area contributed by atoms with Crippen LogP contribution in [0.25, 0.3) is 0 Å². The van der Waals surface area contributed by atoms with Gasteiger partial charge in [0.2, 0.25) is 0 Å². The molecule has 116 valence electrons. The SMILES string of the molecule is COc1ccc(C=NOCCCc2ccccc2)cc1OC. The molecule has 0 bridgehead atoms. The van der Waals surface area contributed by atoms with Gasteiger partial charge in [0.05, 0.1) is 20.4 Å². The monoisotopic (exact) mass is 299 g/mol. The number of nitrogens with zero attached hydrogens (tertiary/aromatic N) is 1. The highest BCUT2D eigenvalue weighted by Crippen LogP contribution is 2.26. The quantitative estimate of drug-likeness (QED) is 0.424. The van der Waals surface area contributed by atoms with E-state index in [9.17, 15) is 0 Å². The molecule has 0 fully saturated rings. The summed E-state index contributed by atoms with van der Waals surface area (Å²) >= 11 is 0. The molecule has 0 saturated heterocycles. The van der Waals surface area contributed by atoms with Gasteiger partial charge in [-0.1, -0.05) is 35.5 Å². The average Bonchev–Trinajstić information content (AvgIpc) is 2.58. The number of hydrogen-bond acceptors (Lipinski definition) is 4. The number of methoxy groups -OCH3 is 2. The summed E-state index contributed by atoms with van der Waals surface area (Å²) in [5, 5.41) is 3.98. The second-order valence-electron chi connectivity index (χ2n) is 4.77. The standard InChI is InChI=1S/C18H21NO3/c1-20-17-11-10-16(13-18(17)21-2)14-19-22-12-6-9-15-7-4-3-5-8-15/h3-5,7-8,10-11,13-14H,6,9,12H2,1-2H3. The van der Waals surface area contributed by atoms with Crippen LogP contribution in [0.15, 0.2) is 53.7 Å². The van der Waals surface area contributed by atoms with Crippen molar-refractivity contribution in [1.82, 2.24) is 0 Å². The molecule has 0 amide bonds. The molecule has 0 aliphatic carbocycles. The van der Waals surface area contributed by atoms with Crippen LogP contribution in [0.1, 0.15) is 17.5 Å². The zero-order valence-electron chi connectivity index (χ0n) is 13.0. The number of oxime groups is 1. The lowest BCUT2D eigenvalue weighted by atomic mass is 10.1. The molecule has 0 aromatic heterocycles. The van der Waals surface area contributed by atoms with Crippen LogP contribution in [0.2, 0.25) is 0 Å². The molecule has 4 heteroatoms. The molecule has 22 heavy (non-hydrogen) atoms. The zero-order chi connectivity index (χ0) is 15.6. The minimum absolute atomic E-state index is 0.596. The van der Waals surface area contributed by atoms with Gasteiger partial charge in [-0.05, 0) is 36.6 Å². The van der Waals surface area contributed by atoms with E-state index in [0.29, 0.717) is 18.1 Å². The Hall–Kier alpha value is -2.49. The lowest BCUT2D eigenvalue weighted by molar-refractivity contribution is 0.143. The maximum absolute atomic E-state index is 5.29. The number of ether oxygens (including phenoxy) is 2. The Balaban J connectivity index is 1.75. The van der Waals surface area contributed by atoms with E-state index in [0.717, 1.165) is 18.4 Å².